The second-order valence-corrected chi connectivity index (χ2v) is 8.80. The van der Waals surface area contributed by atoms with Crippen molar-refractivity contribution in [2.45, 2.75) is 32.9 Å². The van der Waals surface area contributed by atoms with Crippen molar-refractivity contribution in [2.24, 2.45) is 0 Å². The van der Waals surface area contributed by atoms with E-state index in [1.165, 1.54) is 23.4 Å². The minimum absolute atomic E-state index is 0.139. The quantitative estimate of drug-likeness (QED) is 0.720. The predicted octanol–water partition coefficient (Wildman–Crippen LogP) is 3.19. The van der Waals surface area contributed by atoms with E-state index in [-0.39, 0.29) is 23.5 Å². The van der Waals surface area contributed by atoms with Gasteiger partial charge in [0.1, 0.15) is 5.82 Å². The van der Waals surface area contributed by atoms with Gasteiger partial charge >= 0.3 is 0 Å². The zero-order valence-electron chi connectivity index (χ0n) is 16.9. The highest BCUT2D eigenvalue weighted by molar-refractivity contribution is 7.10. The number of thiophene rings is 1. The average Bonchev–Trinajstić information content (AvgIpc) is 3.20. The van der Waals surface area contributed by atoms with Gasteiger partial charge in [-0.05, 0) is 55.5 Å². The molecule has 1 aromatic carbocycles. The highest BCUT2D eigenvalue weighted by Crippen LogP contribution is 2.26. The highest BCUT2D eigenvalue weighted by atomic mass is 32.1. The normalized spacial score (nSPS) is 18.4. The molecule has 0 saturated carbocycles. The largest absolute Gasteiger partial charge is 0.367 e. The van der Waals surface area contributed by atoms with Crippen LogP contribution in [0.15, 0.2) is 29.6 Å². The van der Waals surface area contributed by atoms with Crippen molar-refractivity contribution < 1.29 is 14.0 Å². The van der Waals surface area contributed by atoms with Gasteiger partial charge in [-0.1, -0.05) is 0 Å². The van der Waals surface area contributed by atoms with Crippen LogP contribution >= 0.6 is 11.3 Å². The fraction of sp³-hybridized carbons (Fsp3) is 0.455. The smallest absolute Gasteiger partial charge is 0.239 e. The second-order valence-electron chi connectivity index (χ2n) is 7.80. The Bertz CT molecular complexity index is 921. The number of nitrogens with zero attached hydrogens (tertiary/aromatic N) is 3. The van der Waals surface area contributed by atoms with Crippen molar-refractivity contribution in [3.05, 3.63) is 51.5 Å². The molecule has 2 aromatic rings. The van der Waals surface area contributed by atoms with Gasteiger partial charge in [0.2, 0.25) is 5.91 Å². The molecule has 1 atom stereocenters. The number of hydrogen-bond acceptors (Lipinski definition) is 5. The van der Waals surface area contributed by atoms with E-state index in [0.717, 1.165) is 13.0 Å². The van der Waals surface area contributed by atoms with Crippen LogP contribution in [0.25, 0.3) is 0 Å². The predicted molar refractivity (Wildman–Crippen MR) is 113 cm³/mol. The van der Waals surface area contributed by atoms with E-state index in [4.69, 9.17) is 0 Å². The molecule has 1 fully saturated rings. The van der Waals surface area contributed by atoms with E-state index >= 15 is 0 Å². The molecule has 7 heteroatoms. The standard InChI is InChI=1S/C22H26FN3O2S/c1-15(22(28)26-7-5-21-18(14-26)6-12-29-21)24-8-10-25(11-9-24)20-4-3-17(16(2)27)13-19(20)23/h3-4,6,12-13,15H,5,7-11,14H2,1-2H3. The number of fused-ring (bicyclic) bond motifs is 1. The molecule has 3 heterocycles. The zero-order valence-corrected chi connectivity index (χ0v) is 17.7. The molecule has 1 saturated heterocycles. The van der Waals surface area contributed by atoms with Crippen LogP contribution in [-0.4, -0.2) is 60.3 Å². The molecule has 0 radical (unpaired) electrons. The Kier molecular flexibility index (Phi) is 5.69. The summed E-state index contributed by atoms with van der Waals surface area (Å²) in [4.78, 5) is 32.0. The lowest BCUT2D eigenvalue weighted by Crippen LogP contribution is -2.55. The zero-order chi connectivity index (χ0) is 20.5. The summed E-state index contributed by atoms with van der Waals surface area (Å²) in [6.07, 6.45) is 0.939. The number of Topliss-reactive ketones (excluding diaryl/α,β-unsaturated/α-hetero) is 1. The van der Waals surface area contributed by atoms with Crippen LogP contribution in [0.2, 0.25) is 0 Å². The number of anilines is 1. The molecule has 5 nitrogen and oxygen atoms in total. The fourth-order valence-electron chi connectivity index (χ4n) is 4.19. The molecule has 2 aliphatic heterocycles. The number of piperazine rings is 1. The molecule has 154 valence electrons. The Hall–Kier alpha value is -2.25. The maximum Gasteiger partial charge on any atom is 0.239 e. The minimum Gasteiger partial charge on any atom is -0.367 e. The molecule has 1 amide bonds. The summed E-state index contributed by atoms with van der Waals surface area (Å²) >= 11 is 1.77. The van der Waals surface area contributed by atoms with Gasteiger partial charge in [0.15, 0.2) is 5.78 Å². The van der Waals surface area contributed by atoms with Crippen molar-refractivity contribution in [3.63, 3.8) is 0 Å². The van der Waals surface area contributed by atoms with E-state index in [9.17, 15) is 14.0 Å². The van der Waals surface area contributed by atoms with Crippen LogP contribution in [-0.2, 0) is 17.8 Å². The Balaban J connectivity index is 1.36. The third kappa shape index (κ3) is 4.07. The summed E-state index contributed by atoms with van der Waals surface area (Å²) in [7, 11) is 0. The van der Waals surface area contributed by atoms with Crippen LogP contribution < -0.4 is 4.90 Å². The molecule has 1 unspecified atom stereocenters. The summed E-state index contributed by atoms with van der Waals surface area (Å²) in [6, 6.07) is 6.61. The molecule has 29 heavy (non-hydrogen) atoms. The van der Waals surface area contributed by atoms with E-state index in [2.05, 4.69) is 16.3 Å². The molecule has 4 rings (SSSR count). The first-order valence-electron chi connectivity index (χ1n) is 10.1. The number of carbonyl (C=O) groups is 2. The fourth-order valence-corrected chi connectivity index (χ4v) is 5.08. The molecule has 0 aliphatic carbocycles. The van der Waals surface area contributed by atoms with Crippen LogP contribution in [0.3, 0.4) is 0 Å². The number of hydrogen-bond donors (Lipinski definition) is 0. The SMILES string of the molecule is CC(=O)c1ccc(N2CCN(C(C)C(=O)N3CCc4sccc4C3)CC2)c(F)c1. The number of amides is 1. The first kappa shape index (κ1) is 20.0. The topological polar surface area (TPSA) is 43.9 Å². The summed E-state index contributed by atoms with van der Waals surface area (Å²) in [5.74, 6) is -0.331. The summed E-state index contributed by atoms with van der Waals surface area (Å²) < 4.78 is 14.4. The van der Waals surface area contributed by atoms with E-state index in [0.29, 0.717) is 44.0 Å². The molecule has 0 spiro atoms. The number of carbonyl (C=O) groups excluding carboxylic acids is 2. The van der Waals surface area contributed by atoms with Gasteiger partial charge < -0.3 is 9.80 Å². The molecule has 0 bridgehead atoms. The lowest BCUT2D eigenvalue weighted by molar-refractivity contribution is -0.137. The van der Waals surface area contributed by atoms with E-state index in [1.54, 1.807) is 23.5 Å². The van der Waals surface area contributed by atoms with Gasteiger partial charge in [-0.25, -0.2) is 4.39 Å². The van der Waals surface area contributed by atoms with Gasteiger partial charge in [-0.2, -0.15) is 0 Å². The van der Waals surface area contributed by atoms with Gasteiger partial charge in [0.05, 0.1) is 11.7 Å². The van der Waals surface area contributed by atoms with Crippen LogP contribution in [0.4, 0.5) is 10.1 Å². The minimum atomic E-state index is -0.366. The maximum absolute atomic E-state index is 14.4. The second kappa shape index (κ2) is 8.24. The van der Waals surface area contributed by atoms with Gasteiger partial charge in [0.25, 0.3) is 0 Å². The maximum atomic E-state index is 14.4. The summed E-state index contributed by atoms with van der Waals surface area (Å²) in [5.41, 5.74) is 2.19. The molecule has 1 aromatic heterocycles. The third-order valence-electron chi connectivity index (χ3n) is 6.03. The van der Waals surface area contributed by atoms with Gasteiger partial charge in [0, 0.05) is 49.7 Å². The van der Waals surface area contributed by atoms with Crippen molar-refractivity contribution in [3.8, 4) is 0 Å². The van der Waals surface area contributed by atoms with E-state index in [1.807, 2.05) is 16.7 Å². The Morgan fingerprint density at radius 2 is 1.86 bits per heavy atom. The van der Waals surface area contributed by atoms with Gasteiger partial charge in [-0.15, -0.1) is 11.3 Å². The van der Waals surface area contributed by atoms with Crippen molar-refractivity contribution in [2.75, 3.05) is 37.6 Å². The summed E-state index contributed by atoms with van der Waals surface area (Å²) in [6.45, 7) is 7.62. The summed E-state index contributed by atoms with van der Waals surface area (Å²) in [5, 5.41) is 2.10. The number of benzene rings is 1. The number of rotatable bonds is 4. The van der Waals surface area contributed by atoms with Crippen LogP contribution in [0, 0.1) is 5.82 Å². The molecule has 2 aliphatic rings. The molecule has 0 N–H and O–H groups in total. The average molecular weight is 416 g/mol. The number of halogens is 1. The first-order chi connectivity index (χ1) is 13.9. The van der Waals surface area contributed by atoms with Crippen molar-refractivity contribution in [1.29, 1.82) is 0 Å². The highest BCUT2D eigenvalue weighted by Gasteiger charge is 2.31. The van der Waals surface area contributed by atoms with Crippen molar-refractivity contribution in [1.82, 2.24) is 9.80 Å². The first-order valence-corrected chi connectivity index (χ1v) is 11.0. The van der Waals surface area contributed by atoms with Crippen molar-refractivity contribution >= 4 is 28.7 Å². The Labute approximate surface area is 174 Å². The van der Waals surface area contributed by atoms with Crippen LogP contribution in [0.1, 0.15) is 34.6 Å². The Morgan fingerprint density at radius 1 is 1.10 bits per heavy atom. The lowest BCUT2D eigenvalue weighted by atomic mass is 10.1. The number of ketones is 1. The molecular formula is C22H26FN3O2S. The Morgan fingerprint density at radius 3 is 2.55 bits per heavy atom. The molecular weight excluding hydrogens is 389 g/mol. The lowest BCUT2D eigenvalue weighted by Gasteiger charge is -2.40. The van der Waals surface area contributed by atoms with Crippen LogP contribution in [0.5, 0.6) is 0 Å². The monoisotopic (exact) mass is 415 g/mol. The van der Waals surface area contributed by atoms with Gasteiger partial charge in [-0.3, -0.25) is 14.5 Å². The third-order valence-corrected chi connectivity index (χ3v) is 7.06. The van der Waals surface area contributed by atoms with E-state index < -0.39 is 0 Å².